The van der Waals surface area contributed by atoms with Gasteiger partial charge >= 0.3 is 0 Å². The van der Waals surface area contributed by atoms with Gasteiger partial charge < -0.3 is 18.9 Å². The van der Waals surface area contributed by atoms with Gasteiger partial charge in [0.2, 0.25) is 0 Å². The van der Waals surface area contributed by atoms with Crippen molar-refractivity contribution in [3.63, 3.8) is 0 Å². The molecule has 6 nitrogen and oxygen atoms in total. The van der Waals surface area contributed by atoms with E-state index in [0.29, 0.717) is 13.2 Å². The molecule has 3 heterocycles. The summed E-state index contributed by atoms with van der Waals surface area (Å²) in [6.45, 7) is 7.77. The summed E-state index contributed by atoms with van der Waals surface area (Å²) in [6, 6.07) is 12.6. The average Bonchev–Trinajstić information content (AvgIpc) is 3.19. The van der Waals surface area contributed by atoms with E-state index in [1.807, 2.05) is 18.5 Å². The van der Waals surface area contributed by atoms with E-state index >= 15 is 0 Å². The average molecular weight is 471 g/mol. The second-order valence-electron chi connectivity index (χ2n) is 7.93. The van der Waals surface area contributed by atoms with Gasteiger partial charge in [0, 0.05) is 49.0 Å². The van der Waals surface area contributed by atoms with Crippen LogP contribution < -0.4 is 14.4 Å². The Balaban J connectivity index is 1.08. The molecule has 0 bridgehead atoms. The van der Waals surface area contributed by atoms with Gasteiger partial charge in [0.05, 0.1) is 17.4 Å². The van der Waals surface area contributed by atoms with E-state index in [-0.39, 0.29) is 0 Å². The van der Waals surface area contributed by atoms with Gasteiger partial charge in [0.15, 0.2) is 11.5 Å². The Morgan fingerprint density at radius 2 is 1.67 bits per heavy atom. The molecule has 2 aliphatic heterocycles. The van der Waals surface area contributed by atoms with E-state index < -0.39 is 0 Å². The molecule has 0 amide bonds. The zero-order valence-corrected chi connectivity index (χ0v) is 18.7. The Morgan fingerprint density at radius 1 is 0.867 bits per heavy atom. The van der Waals surface area contributed by atoms with Crippen molar-refractivity contribution in [2.24, 2.45) is 0 Å². The smallest absolute Gasteiger partial charge is 0.163 e. The van der Waals surface area contributed by atoms with Crippen LogP contribution in [0.1, 0.15) is 12.8 Å². The van der Waals surface area contributed by atoms with Crippen LogP contribution in [-0.4, -0.2) is 60.4 Å². The maximum atomic E-state index is 5.73. The van der Waals surface area contributed by atoms with E-state index in [2.05, 4.69) is 59.5 Å². The number of benzene rings is 2. The first-order valence-corrected chi connectivity index (χ1v) is 11.5. The van der Waals surface area contributed by atoms with Crippen LogP contribution in [0, 0.1) is 0 Å². The number of piperazine rings is 1. The number of rotatable bonds is 6. The molecule has 7 heteroatoms. The number of hydrogen-bond donors (Lipinski definition) is 0. The first kappa shape index (κ1) is 19.7. The van der Waals surface area contributed by atoms with Crippen LogP contribution in [0.4, 0.5) is 5.69 Å². The topological polar surface area (TPSA) is 42.8 Å². The van der Waals surface area contributed by atoms with Gasteiger partial charge in [-0.15, -0.1) is 0 Å². The molecule has 5 rings (SSSR count). The molecule has 0 aliphatic carbocycles. The summed E-state index contributed by atoms with van der Waals surface area (Å²) >= 11 is 3.56. The lowest BCUT2D eigenvalue weighted by molar-refractivity contribution is 0.171. The fourth-order valence-corrected chi connectivity index (χ4v) is 4.63. The molecule has 2 aliphatic rings. The van der Waals surface area contributed by atoms with Crippen LogP contribution in [0.2, 0.25) is 0 Å². The van der Waals surface area contributed by atoms with Gasteiger partial charge in [-0.3, -0.25) is 4.90 Å². The van der Waals surface area contributed by atoms with Gasteiger partial charge in [-0.25, -0.2) is 4.98 Å². The second kappa shape index (κ2) is 8.86. The summed E-state index contributed by atoms with van der Waals surface area (Å²) in [5.74, 6) is 1.74. The molecule has 0 N–H and O–H groups in total. The highest BCUT2D eigenvalue weighted by molar-refractivity contribution is 9.10. The number of halogens is 1. The largest absolute Gasteiger partial charge is 0.486 e. The number of hydrogen-bond acceptors (Lipinski definition) is 5. The summed E-state index contributed by atoms with van der Waals surface area (Å²) in [4.78, 5) is 9.53. The summed E-state index contributed by atoms with van der Waals surface area (Å²) < 4.78 is 14.7. The lowest BCUT2D eigenvalue weighted by atomic mass is 10.2. The quantitative estimate of drug-likeness (QED) is 0.505. The Labute approximate surface area is 185 Å². The predicted octanol–water partition coefficient (Wildman–Crippen LogP) is 4.17. The number of nitrogens with zero attached hydrogens (tertiary/aromatic N) is 4. The number of aromatic nitrogens is 2. The number of aryl methyl sites for hydroxylation is 1. The number of ether oxygens (including phenoxy) is 2. The van der Waals surface area contributed by atoms with Gasteiger partial charge in [-0.05, 0) is 49.7 Å². The zero-order chi connectivity index (χ0) is 20.3. The summed E-state index contributed by atoms with van der Waals surface area (Å²) in [7, 11) is 0. The van der Waals surface area contributed by atoms with Crippen molar-refractivity contribution >= 4 is 32.7 Å². The fourth-order valence-electron chi connectivity index (χ4n) is 4.28. The van der Waals surface area contributed by atoms with Gasteiger partial charge in [-0.1, -0.05) is 15.9 Å². The molecule has 0 unspecified atom stereocenters. The molecule has 30 heavy (non-hydrogen) atoms. The monoisotopic (exact) mass is 470 g/mol. The molecular formula is C23H27BrN4O2. The van der Waals surface area contributed by atoms with Gasteiger partial charge in [0.1, 0.15) is 13.2 Å². The summed E-state index contributed by atoms with van der Waals surface area (Å²) in [5.41, 5.74) is 3.50. The number of imidazole rings is 1. The van der Waals surface area contributed by atoms with E-state index in [9.17, 15) is 0 Å². The van der Waals surface area contributed by atoms with E-state index in [1.54, 1.807) is 0 Å². The fraction of sp³-hybridized carbons (Fsp3) is 0.435. The SMILES string of the molecule is Brc1ccc2ncn(CCCCN3CCN(c4ccc5c(c4)OCCO5)CC3)c2c1. The normalized spacial score (nSPS) is 16.9. The molecule has 2 aromatic carbocycles. The molecule has 3 aromatic rings. The lowest BCUT2D eigenvalue weighted by Gasteiger charge is -2.36. The maximum Gasteiger partial charge on any atom is 0.163 e. The highest BCUT2D eigenvalue weighted by Crippen LogP contribution is 2.34. The van der Waals surface area contributed by atoms with Crippen LogP contribution in [0.3, 0.4) is 0 Å². The highest BCUT2D eigenvalue weighted by Gasteiger charge is 2.19. The minimum atomic E-state index is 0.635. The Hall–Kier alpha value is -2.25. The zero-order valence-electron chi connectivity index (χ0n) is 17.1. The minimum Gasteiger partial charge on any atom is -0.486 e. The summed E-state index contributed by atoms with van der Waals surface area (Å²) in [5, 5.41) is 0. The van der Waals surface area contributed by atoms with Crippen LogP contribution in [0.15, 0.2) is 47.2 Å². The Morgan fingerprint density at radius 3 is 2.53 bits per heavy atom. The first-order valence-electron chi connectivity index (χ1n) is 10.7. The van der Waals surface area contributed by atoms with Crippen molar-refractivity contribution < 1.29 is 9.47 Å². The van der Waals surface area contributed by atoms with E-state index in [1.165, 1.54) is 24.0 Å². The lowest BCUT2D eigenvalue weighted by Crippen LogP contribution is -2.46. The van der Waals surface area contributed by atoms with Crippen LogP contribution in [0.25, 0.3) is 11.0 Å². The van der Waals surface area contributed by atoms with Crippen LogP contribution in [0.5, 0.6) is 11.5 Å². The molecule has 1 fully saturated rings. The predicted molar refractivity (Wildman–Crippen MR) is 123 cm³/mol. The molecular weight excluding hydrogens is 444 g/mol. The minimum absolute atomic E-state index is 0.635. The Kier molecular flexibility index (Phi) is 5.82. The third kappa shape index (κ3) is 4.27. The molecule has 1 aromatic heterocycles. The van der Waals surface area contributed by atoms with Gasteiger partial charge in [0.25, 0.3) is 0 Å². The van der Waals surface area contributed by atoms with Crippen molar-refractivity contribution in [2.45, 2.75) is 19.4 Å². The molecule has 1 saturated heterocycles. The maximum absolute atomic E-state index is 5.73. The molecule has 158 valence electrons. The first-order chi connectivity index (χ1) is 14.8. The molecule has 0 radical (unpaired) electrons. The molecule has 0 saturated carbocycles. The van der Waals surface area contributed by atoms with E-state index in [0.717, 1.165) is 60.8 Å². The van der Waals surface area contributed by atoms with Crippen LogP contribution in [-0.2, 0) is 6.54 Å². The van der Waals surface area contributed by atoms with Crippen LogP contribution >= 0.6 is 15.9 Å². The molecule has 0 spiro atoms. The highest BCUT2D eigenvalue weighted by atomic mass is 79.9. The van der Waals surface area contributed by atoms with Crippen molar-refractivity contribution in [3.05, 3.63) is 47.2 Å². The third-order valence-electron chi connectivity index (χ3n) is 5.97. The second-order valence-corrected chi connectivity index (χ2v) is 8.85. The van der Waals surface area contributed by atoms with Gasteiger partial charge in [-0.2, -0.15) is 0 Å². The van der Waals surface area contributed by atoms with Crippen molar-refractivity contribution in [3.8, 4) is 11.5 Å². The molecule has 0 atom stereocenters. The van der Waals surface area contributed by atoms with Crippen molar-refractivity contribution in [1.29, 1.82) is 0 Å². The Bertz CT molecular complexity index is 1010. The summed E-state index contributed by atoms with van der Waals surface area (Å²) in [6.07, 6.45) is 4.33. The number of anilines is 1. The van der Waals surface area contributed by atoms with E-state index in [4.69, 9.17) is 9.47 Å². The van der Waals surface area contributed by atoms with Crippen molar-refractivity contribution in [1.82, 2.24) is 14.5 Å². The number of fused-ring (bicyclic) bond motifs is 2. The standard InChI is InChI=1S/C23H27BrN4O2/c24-18-3-5-20-21(15-18)28(17-25-20)8-2-1-7-26-9-11-27(12-10-26)19-4-6-22-23(16-19)30-14-13-29-22/h3-6,15-17H,1-2,7-14H2. The van der Waals surface area contributed by atoms with Crippen molar-refractivity contribution in [2.75, 3.05) is 50.8 Å². The number of unbranched alkanes of at least 4 members (excludes halogenated alkanes) is 1. The third-order valence-corrected chi connectivity index (χ3v) is 6.46.